The maximum atomic E-state index is 13.9. The van der Waals surface area contributed by atoms with Gasteiger partial charge in [-0.15, -0.1) is 0 Å². The van der Waals surface area contributed by atoms with Gasteiger partial charge in [-0.05, 0) is 31.0 Å². The van der Waals surface area contributed by atoms with Gasteiger partial charge in [0.15, 0.2) is 0 Å². The molecule has 1 N–H and O–H groups in total. The average molecular weight is 320 g/mol. The Labute approximate surface area is 133 Å². The highest BCUT2D eigenvalue weighted by Gasteiger charge is 2.46. The second-order valence-corrected chi connectivity index (χ2v) is 5.61. The number of nitriles is 1. The first-order valence-corrected chi connectivity index (χ1v) is 7.15. The molecule has 1 fully saturated rings. The molecule has 1 atom stereocenters. The van der Waals surface area contributed by atoms with E-state index in [0.29, 0.717) is 0 Å². The van der Waals surface area contributed by atoms with Crippen molar-refractivity contribution in [2.24, 2.45) is 5.41 Å². The lowest BCUT2D eigenvalue weighted by atomic mass is 9.84. The van der Waals surface area contributed by atoms with E-state index >= 15 is 0 Å². The third-order valence-electron chi connectivity index (χ3n) is 4.21. The van der Waals surface area contributed by atoms with Gasteiger partial charge in [-0.3, -0.25) is 9.59 Å². The molecule has 2 rings (SSSR count). The Morgan fingerprint density at radius 2 is 2.26 bits per heavy atom. The van der Waals surface area contributed by atoms with Crippen LogP contribution in [0.3, 0.4) is 0 Å². The summed E-state index contributed by atoms with van der Waals surface area (Å²) in [5.74, 6) is -2.31. The number of carbonyl (C=O) groups excluding carboxylic acids is 1. The Kier molecular flexibility index (Phi) is 4.96. The summed E-state index contributed by atoms with van der Waals surface area (Å²) in [6.07, 6.45) is 0.570. The molecule has 1 aliphatic rings. The highest BCUT2D eigenvalue weighted by Crippen LogP contribution is 2.35. The molecule has 6 nitrogen and oxygen atoms in total. The maximum absolute atomic E-state index is 13.9. The van der Waals surface area contributed by atoms with Gasteiger partial charge < -0.3 is 14.7 Å². The van der Waals surface area contributed by atoms with Crippen molar-refractivity contribution in [3.8, 4) is 6.07 Å². The van der Waals surface area contributed by atoms with Gasteiger partial charge in [0.25, 0.3) is 5.91 Å². The van der Waals surface area contributed by atoms with Gasteiger partial charge >= 0.3 is 5.97 Å². The summed E-state index contributed by atoms with van der Waals surface area (Å²) in [5, 5.41) is 18.4. The van der Waals surface area contributed by atoms with Gasteiger partial charge in [0.1, 0.15) is 5.82 Å². The number of carboxylic acids is 1. The molecule has 0 spiro atoms. The van der Waals surface area contributed by atoms with E-state index in [0.717, 1.165) is 6.07 Å². The van der Waals surface area contributed by atoms with Gasteiger partial charge in [-0.2, -0.15) is 5.26 Å². The third kappa shape index (κ3) is 3.32. The van der Waals surface area contributed by atoms with E-state index in [1.54, 1.807) is 0 Å². The van der Waals surface area contributed by atoms with Gasteiger partial charge in [0, 0.05) is 26.8 Å². The van der Waals surface area contributed by atoms with Crippen molar-refractivity contribution in [3.63, 3.8) is 0 Å². The molecular weight excluding hydrogens is 303 g/mol. The summed E-state index contributed by atoms with van der Waals surface area (Å²) in [6, 6.07) is 5.40. The van der Waals surface area contributed by atoms with Crippen LogP contribution in [-0.2, 0) is 9.53 Å². The Balaban J connectivity index is 2.22. The lowest BCUT2D eigenvalue weighted by Crippen LogP contribution is -2.38. The third-order valence-corrected chi connectivity index (χ3v) is 4.21. The molecule has 122 valence electrons. The number of ether oxygens (including phenoxy) is 1. The van der Waals surface area contributed by atoms with E-state index in [1.807, 2.05) is 6.07 Å². The SMILES string of the molecule is COCCC1(C(=O)O)CCN(C(=O)c2cc(C#N)ccc2F)C1. The van der Waals surface area contributed by atoms with Crippen LogP contribution in [0.2, 0.25) is 0 Å². The fourth-order valence-electron chi connectivity index (χ4n) is 2.76. The second kappa shape index (κ2) is 6.75. The monoisotopic (exact) mass is 320 g/mol. The lowest BCUT2D eigenvalue weighted by Gasteiger charge is -2.24. The van der Waals surface area contributed by atoms with Gasteiger partial charge in [0.2, 0.25) is 0 Å². The number of methoxy groups -OCH3 is 1. The summed E-state index contributed by atoms with van der Waals surface area (Å²) in [4.78, 5) is 25.4. The van der Waals surface area contributed by atoms with Crippen molar-refractivity contribution in [2.45, 2.75) is 12.8 Å². The molecule has 1 aromatic carbocycles. The lowest BCUT2D eigenvalue weighted by molar-refractivity contribution is -0.149. The van der Waals surface area contributed by atoms with Gasteiger partial charge in [-0.25, -0.2) is 4.39 Å². The summed E-state index contributed by atoms with van der Waals surface area (Å²) in [6.45, 7) is 0.498. The van der Waals surface area contributed by atoms with E-state index in [9.17, 15) is 19.1 Å². The first kappa shape index (κ1) is 16.9. The smallest absolute Gasteiger partial charge is 0.311 e. The molecule has 1 aromatic rings. The number of carboxylic acid groups (broad SMARTS) is 1. The van der Waals surface area contributed by atoms with Crippen molar-refractivity contribution in [1.82, 2.24) is 4.90 Å². The second-order valence-electron chi connectivity index (χ2n) is 5.61. The maximum Gasteiger partial charge on any atom is 0.311 e. The number of benzene rings is 1. The molecule has 0 aromatic heterocycles. The molecule has 0 aliphatic carbocycles. The number of hydrogen-bond acceptors (Lipinski definition) is 4. The van der Waals surface area contributed by atoms with Crippen LogP contribution in [0.5, 0.6) is 0 Å². The Hall–Kier alpha value is -2.46. The molecule has 7 heteroatoms. The predicted octanol–water partition coefficient (Wildman–Crippen LogP) is 1.65. The number of amides is 1. The number of halogens is 1. The van der Waals surface area contributed by atoms with E-state index in [2.05, 4.69) is 0 Å². The van der Waals surface area contributed by atoms with Crippen LogP contribution in [0.1, 0.15) is 28.8 Å². The molecule has 1 saturated heterocycles. The zero-order valence-corrected chi connectivity index (χ0v) is 12.7. The van der Waals surface area contributed by atoms with Gasteiger partial charge in [-0.1, -0.05) is 0 Å². The van der Waals surface area contributed by atoms with E-state index in [1.165, 1.54) is 24.1 Å². The van der Waals surface area contributed by atoms with Crippen molar-refractivity contribution < 1.29 is 23.8 Å². The first-order chi connectivity index (χ1) is 10.9. The van der Waals surface area contributed by atoms with Crippen LogP contribution in [0.4, 0.5) is 4.39 Å². The molecule has 0 bridgehead atoms. The molecule has 1 aliphatic heterocycles. The van der Waals surface area contributed by atoms with E-state index < -0.39 is 23.1 Å². The normalized spacial score (nSPS) is 20.3. The summed E-state index contributed by atoms with van der Waals surface area (Å²) in [5.41, 5.74) is -1.11. The van der Waals surface area contributed by atoms with Crippen molar-refractivity contribution in [2.75, 3.05) is 26.8 Å². The predicted molar refractivity (Wildman–Crippen MR) is 78.2 cm³/mol. The standard InChI is InChI=1S/C16H17FN2O4/c1-23-7-5-16(15(21)22)4-6-19(10-16)14(20)12-8-11(9-18)2-3-13(12)17/h2-3,8H,4-7,10H2,1H3,(H,21,22). The van der Waals surface area contributed by atoms with Crippen LogP contribution in [-0.4, -0.2) is 48.7 Å². The molecule has 1 heterocycles. The van der Waals surface area contributed by atoms with Gasteiger partial charge in [0.05, 0.1) is 22.6 Å². The zero-order chi connectivity index (χ0) is 17.0. The molecule has 1 unspecified atom stereocenters. The zero-order valence-electron chi connectivity index (χ0n) is 12.7. The average Bonchev–Trinajstić information content (AvgIpc) is 2.98. The fourth-order valence-corrected chi connectivity index (χ4v) is 2.76. The summed E-state index contributed by atoms with van der Waals surface area (Å²) >= 11 is 0. The number of nitrogens with zero attached hydrogens (tertiary/aromatic N) is 2. The van der Waals surface area contributed by atoms with Crippen molar-refractivity contribution in [1.29, 1.82) is 5.26 Å². The van der Waals surface area contributed by atoms with Crippen LogP contribution in [0.15, 0.2) is 18.2 Å². The number of likely N-dealkylation sites (tertiary alicyclic amines) is 1. The fraction of sp³-hybridized carbons (Fsp3) is 0.438. The van der Waals surface area contributed by atoms with E-state index in [4.69, 9.17) is 10.00 Å². The van der Waals surface area contributed by atoms with Crippen molar-refractivity contribution in [3.05, 3.63) is 35.1 Å². The first-order valence-electron chi connectivity index (χ1n) is 7.15. The summed E-state index contributed by atoms with van der Waals surface area (Å²) < 4.78 is 18.8. The molecule has 1 amide bonds. The molecular formula is C16H17FN2O4. The van der Waals surface area contributed by atoms with Crippen LogP contribution in [0, 0.1) is 22.6 Å². The van der Waals surface area contributed by atoms with Crippen LogP contribution in [0.25, 0.3) is 0 Å². The number of aliphatic carboxylic acids is 1. The van der Waals surface area contributed by atoms with Crippen LogP contribution >= 0.6 is 0 Å². The number of hydrogen-bond donors (Lipinski definition) is 1. The topological polar surface area (TPSA) is 90.6 Å². The minimum atomic E-state index is -1.07. The quantitative estimate of drug-likeness (QED) is 0.891. The molecule has 0 saturated carbocycles. The molecule has 0 radical (unpaired) electrons. The minimum Gasteiger partial charge on any atom is -0.481 e. The Morgan fingerprint density at radius 1 is 1.52 bits per heavy atom. The minimum absolute atomic E-state index is 0.000742. The number of carbonyl (C=O) groups is 2. The molecule has 23 heavy (non-hydrogen) atoms. The van der Waals surface area contributed by atoms with Crippen LogP contribution < -0.4 is 0 Å². The van der Waals surface area contributed by atoms with Crippen molar-refractivity contribution >= 4 is 11.9 Å². The highest BCUT2D eigenvalue weighted by atomic mass is 19.1. The largest absolute Gasteiger partial charge is 0.481 e. The number of rotatable bonds is 5. The summed E-state index contributed by atoms with van der Waals surface area (Å²) in [7, 11) is 1.48. The van der Waals surface area contributed by atoms with E-state index in [-0.39, 0.29) is 43.7 Å². The Morgan fingerprint density at radius 3 is 2.87 bits per heavy atom. The highest BCUT2D eigenvalue weighted by molar-refractivity contribution is 5.95. The Bertz CT molecular complexity index is 671.